The highest BCUT2D eigenvalue weighted by molar-refractivity contribution is 5.68. The van der Waals surface area contributed by atoms with Gasteiger partial charge in [0.1, 0.15) is 12.7 Å². The number of aliphatic carboxylic acids is 1. The molecule has 14 heavy (non-hydrogen) atoms. The third-order valence-electron chi connectivity index (χ3n) is 1.89. The molecule has 0 aliphatic carbocycles. The lowest BCUT2D eigenvalue weighted by molar-refractivity contribution is -0.154. The molecule has 0 saturated carbocycles. The summed E-state index contributed by atoms with van der Waals surface area (Å²) in [4.78, 5) is 21.2. The fourth-order valence-corrected chi connectivity index (χ4v) is 1.29. The number of ether oxygens (including phenoxy) is 2. The average Bonchev–Trinajstić information content (AvgIpc) is 2.06. The second-order valence-electron chi connectivity index (χ2n) is 3.07. The molecule has 0 unspecified atom stereocenters. The second-order valence-corrected chi connectivity index (χ2v) is 3.07. The lowest BCUT2D eigenvalue weighted by Crippen LogP contribution is -2.33. The summed E-state index contributed by atoms with van der Waals surface area (Å²) in [6.45, 7) is 1.50. The van der Waals surface area contributed by atoms with Gasteiger partial charge >= 0.3 is 11.9 Å². The Balaban J connectivity index is 2.57. The van der Waals surface area contributed by atoms with Gasteiger partial charge in [-0.3, -0.25) is 9.59 Å². The van der Waals surface area contributed by atoms with E-state index in [4.69, 9.17) is 14.6 Å². The van der Waals surface area contributed by atoms with Crippen molar-refractivity contribution in [2.75, 3.05) is 6.61 Å². The molecule has 0 fully saturated rings. The Labute approximate surface area is 81.3 Å². The normalized spacial score (nSPS) is 25.2. The van der Waals surface area contributed by atoms with Crippen LogP contribution in [0.3, 0.4) is 0 Å². The predicted octanol–water partition coefficient (Wildman–Crippen LogP) is 0.553. The quantitative estimate of drug-likeness (QED) is 0.673. The van der Waals surface area contributed by atoms with Gasteiger partial charge in [-0.25, -0.2) is 0 Å². The fourth-order valence-electron chi connectivity index (χ4n) is 1.29. The van der Waals surface area contributed by atoms with Gasteiger partial charge in [0.15, 0.2) is 0 Å². The monoisotopic (exact) mass is 200 g/mol. The maximum Gasteiger partial charge on any atom is 0.304 e. The molecule has 5 heteroatoms. The second kappa shape index (κ2) is 4.64. The number of carbonyl (C=O) groups excluding carboxylic acids is 1. The molecule has 0 radical (unpaired) electrons. The first-order chi connectivity index (χ1) is 6.59. The number of carbonyl (C=O) groups is 2. The average molecular weight is 200 g/mol. The summed E-state index contributed by atoms with van der Waals surface area (Å²) >= 11 is 0. The minimum absolute atomic E-state index is 0.0577. The van der Waals surface area contributed by atoms with Crippen molar-refractivity contribution in [2.24, 2.45) is 5.92 Å². The molecule has 1 N–H and O–H groups in total. The highest BCUT2D eigenvalue weighted by Gasteiger charge is 2.27. The Hall–Kier alpha value is -1.52. The zero-order valence-corrected chi connectivity index (χ0v) is 7.80. The largest absolute Gasteiger partial charge is 0.498 e. The Morgan fingerprint density at radius 1 is 1.64 bits per heavy atom. The van der Waals surface area contributed by atoms with Crippen LogP contribution >= 0.6 is 0 Å². The van der Waals surface area contributed by atoms with Gasteiger partial charge in [0.2, 0.25) is 0 Å². The van der Waals surface area contributed by atoms with E-state index in [9.17, 15) is 9.59 Å². The third kappa shape index (κ3) is 3.08. The minimum atomic E-state index is -0.918. The van der Waals surface area contributed by atoms with E-state index < -0.39 is 18.0 Å². The maximum absolute atomic E-state index is 10.7. The van der Waals surface area contributed by atoms with Crippen molar-refractivity contribution in [3.05, 3.63) is 12.3 Å². The van der Waals surface area contributed by atoms with Gasteiger partial charge in [-0.05, 0) is 6.08 Å². The van der Waals surface area contributed by atoms with Crippen LogP contribution in [-0.2, 0) is 19.1 Å². The Morgan fingerprint density at radius 2 is 2.36 bits per heavy atom. The first-order valence-corrected chi connectivity index (χ1v) is 4.27. The van der Waals surface area contributed by atoms with Crippen molar-refractivity contribution in [3.63, 3.8) is 0 Å². The fraction of sp³-hybridized carbons (Fsp3) is 0.556. The molecule has 0 bridgehead atoms. The van der Waals surface area contributed by atoms with Gasteiger partial charge in [0.05, 0.1) is 12.7 Å². The van der Waals surface area contributed by atoms with Gasteiger partial charge in [0.25, 0.3) is 0 Å². The predicted molar refractivity (Wildman–Crippen MR) is 46.4 cm³/mol. The standard InChI is InChI=1S/C9H12O5/c1-6(10)14-8-5-13-3-2-7(8)4-9(11)12/h2-3,7-8H,4-5H2,1H3,(H,11,12)/t7-,8+/m1/s1. The summed E-state index contributed by atoms with van der Waals surface area (Å²) in [6, 6.07) is 0. The van der Waals surface area contributed by atoms with Crippen LogP contribution in [-0.4, -0.2) is 29.8 Å². The molecular weight excluding hydrogens is 188 g/mol. The Kier molecular flexibility index (Phi) is 3.50. The van der Waals surface area contributed by atoms with E-state index in [-0.39, 0.29) is 18.9 Å². The van der Waals surface area contributed by atoms with E-state index in [0.717, 1.165) is 0 Å². The number of rotatable bonds is 3. The van der Waals surface area contributed by atoms with Crippen LogP contribution in [0.5, 0.6) is 0 Å². The van der Waals surface area contributed by atoms with Crippen molar-refractivity contribution < 1.29 is 24.2 Å². The van der Waals surface area contributed by atoms with E-state index in [1.165, 1.54) is 13.2 Å². The molecule has 0 saturated heterocycles. The van der Waals surface area contributed by atoms with Gasteiger partial charge in [-0.15, -0.1) is 0 Å². The molecule has 0 aromatic heterocycles. The van der Waals surface area contributed by atoms with Crippen molar-refractivity contribution in [3.8, 4) is 0 Å². The van der Waals surface area contributed by atoms with Crippen LogP contribution in [0.2, 0.25) is 0 Å². The minimum Gasteiger partial charge on any atom is -0.498 e. The lowest BCUT2D eigenvalue weighted by atomic mass is 9.98. The number of carboxylic acid groups (broad SMARTS) is 1. The van der Waals surface area contributed by atoms with Crippen LogP contribution in [0, 0.1) is 5.92 Å². The van der Waals surface area contributed by atoms with Crippen LogP contribution in [0.15, 0.2) is 12.3 Å². The van der Waals surface area contributed by atoms with Gasteiger partial charge in [-0.1, -0.05) is 0 Å². The van der Waals surface area contributed by atoms with Crippen LogP contribution in [0.4, 0.5) is 0 Å². The molecule has 0 aromatic rings. The van der Waals surface area contributed by atoms with E-state index in [1.54, 1.807) is 6.08 Å². The molecule has 1 aliphatic rings. The van der Waals surface area contributed by atoms with Gasteiger partial charge in [0, 0.05) is 12.8 Å². The summed E-state index contributed by atoms with van der Waals surface area (Å²) in [5.74, 6) is -1.65. The number of esters is 1. The number of hydrogen-bond acceptors (Lipinski definition) is 4. The van der Waals surface area contributed by atoms with E-state index in [2.05, 4.69) is 0 Å². The zero-order chi connectivity index (χ0) is 10.6. The summed E-state index contributed by atoms with van der Waals surface area (Å²) in [5, 5.41) is 8.60. The summed E-state index contributed by atoms with van der Waals surface area (Å²) in [6.07, 6.45) is 2.49. The highest BCUT2D eigenvalue weighted by Crippen LogP contribution is 2.19. The summed E-state index contributed by atoms with van der Waals surface area (Å²) in [5.41, 5.74) is 0. The van der Waals surface area contributed by atoms with E-state index >= 15 is 0 Å². The topological polar surface area (TPSA) is 72.8 Å². The van der Waals surface area contributed by atoms with E-state index in [1.807, 2.05) is 0 Å². The molecule has 2 atom stereocenters. The molecule has 0 amide bonds. The van der Waals surface area contributed by atoms with Gasteiger partial charge < -0.3 is 14.6 Å². The van der Waals surface area contributed by atoms with Crippen LogP contribution in [0.25, 0.3) is 0 Å². The Morgan fingerprint density at radius 3 is 2.93 bits per heavy atom. The zero-order valence-electron chi connectivity index (χ0n) is 7.80. The number of carboxylic acids is 1. The van der Waals surface area contributed by atoms with Crippen LogP contribution < -0.4 is 0 Å². The van der Waals surface area contributed by atoms with Crippen molar-refractivity contribution in [1.82, 2.24) is 0 Å². The third-order valence-corrected chi connectivity index (χ3v) is 1.89. The molecule has 0 aromatic carbocycles. The number of hydrogen-bond donors (Lipinski definition) is 1. The first kappa shape index (κ1) is 10.6. The van der Waals surface area contributed by atoms with Gasteiger partial charge in [-0.2, -0.15) is 0 Å². The summed E-state index contributed by atoms with van der Waals surface area (Å²) < 4.78 is 9.87. The molecule has 1 heterocycles. The maximum atomic E-state index is 10.7. The molecular formula is C9H12O5. The van der Waals surface area contributed by atoms with Crippen LogP contribution in [0.1, 0.15) is 13.3 Å². The Bertz CT molecular complexity index is 258. The molecule has 5 nitrogen and oxygen atoms in total. The van der Waals surface area contributed by atoms with Crippen molar-refractivity contribution >= 4 is 11.9 Å². The molecule has 1 aliphatic heterocycles. The molecule has 78 valence electrons. The highest BCUT2D eigenvalue weighted by atomic mass is 16.6. The molecule has 0 spiro atoms. The smallest absolute Gasteiger partial charge is 0.304 e. The van der Waals surface area contributed by atoms with E-state index in [0.29, 0.717) is 0 Å². The first-order valence-electron chi connectivity index (χ1n) is 4.27. The summed E-state index contributed by atoms with van der Waals surface area (Å²) in [7, 11) is 0. The van der Waals surface area contributed by atoms with Crippen molar-refractivity contribution in [2.45, 2.75) is 19.4 Å². The molecule has 1 rings (SSSR count). The SMILES string of the molecule is CC(=O)O[C@H]1COC=C[C@@H]1CC(=O)O. The lowest BCUT2D eigenvalue weighted by Gasteiger charge is -2.25. The van der Waals surface area contributed by atoms with Crippen molar-refractivity contribution in [1.29, 1.82) is 0 Å².